The summed E-state index contributed by atoms with van der Waals surface area (Å²) in [6, 6.07) is 10.9. The molecule has 3 heterocycles. The van der Waals surface area contributed by atoms with Crippen molar-refractivity contribution in [1.29, 1.82) is 0 Å². The topological polar surface area (TPSA) is 37.4 Å². The first kappa shape index (κ1) is 15.6. The maximum absolute atomic E-state index is 5.63. The summed E-state index contributed by atoms with van der Waals surface area (Å²) in [6.45, 7) is 6.20. The van der Waals surface area contributed by atoms with Gasteiger partial charge in [-0.3, -0.25) is 9.88 Å². The number of hydrogen-bond donors (Lipinski definition) is 1. The number of ether oxygens (including phenoxy) is 1. The minimum Gasteiger partial charge on any atom is -0.493 e. The van der Waals surface area contributed by atoms with Gasteiger partial charge in [0.15, 0.2) is 0 Å². The Bertz CT molecular complexity index is 668. The first-order valence-electron chi connectivity index (χ1n) is 8.93. The van der Waals surface area contributed by atoms with Crippen LogP contribution >= 0.6 is 0 Å². The number of benzene rings is 1. The third-order valence-corrected chi connectivity index (χ3v) is 4.97. The minimum absolute atomic E-state index is 0.749. The Morgan fingerprint density at radius 1 is 1.21 bits per heavy atom. The van der Waals surface area contributed by atoms with Gasteiger partial charge in [-0.25, -0.2) is 0 Å². The van der Waals surface area contributed by atoms with Crippen LogP contribution in [0.25, 0.3) is 0 Å². The summed E-state index contributed by atoms with van der Waals surface area (Å²) in [5, 5.41) is 3.48. The fourth-order valence-electron chi connectivity index (χ4n) is 3.77. The Kier molecular flexibility index (Phi) is 4.76. The standard InChI is InChI=1S/C20H25N3O/c1-2-17(11-21-7-1)14-23(15-18-5-8-22-12-18)13-16-3-4-20-19(10-16)6-9-24-20/h1-4,7,10-11,18,22H,5-6,8-9,12-15H2/t18-/m1/s1. The van der Waals surface area contributed by atoms with E-state index in [1.165, 1.54) is 23.1 Å². The zero-order chi connectivity index (χ0) is 16.2. The number of aromatic nitrogens is 1. The summed E-state index contributed by atoms with van der Waals surface area (Å²) >= 11 is 0. The van der Waals surface area contributed by atoms with Gasteiger partial charge in [-0.2, -0.15) is 0 Å². The molecule has 2 aliphatic rings. The lowest BCUT2D eigenvalue weighted by molar-refractivity contribution is 0.220. The first-order valence-corrected chi connectivity index (χ1v) is 8.93. The van der Waals surface area contributed by atoms with Crippen molar-refractivity contribution in [1.82, 2.24) is 15.2 Å². The third-order valence-electron chi connectivity index (χ3n) is 4.97. The smallest absolute Gasteiger partial charge is 0.122 e. The van der Waals surface area contributed by atoms with Gasteiger partial charge in [0, 0.05) is 38.4 Å². The summed E-state index contributed by atoms with van der Waals surface area (Å²) in [5.41, 5.74) is 4.03. The molecule has 0 saturated carbocycles. The molecule has 0 bridgehead atoms. The third kappa shape index (κ3) is 3.77. The minimum atomic E-state index is 0.749. The van der Waals surface area contributed by atoms with E-state index < -0.39 is 0 Å². The summed E-state index contributed by atoms with van der Waals surface area (Å²) < 4.78 is 5.63. The first-order chi connectivity index (χ1) is 11.9. The second-order valence-corrected chi connectivity index (χ2v) is 6.93. The fraction of sp³-hybridized carbons (Fsp3) is 0.450. The predicted molar refractivity (Wildman–Crippen MR) is 95.0 cm³/mol. The molecule has 4 rings (SSSR count). The predicted octanol–water partition coefficient (Wildman–Crippen LogP) is 2.63. The largest absolute Gasteiger partial charge is 0.493 e. The number of pyridine rings is 1. The second kappa shape index (κ2) is 7.32. The molecule has 0 aliphatic carbocycles. The van der Waals surface area contributed by atoms with Crippen molar-refractivity contribution in [2.75, 3.05) is 26.2 Å². The molecule has 24 heavy (non-hydrogen) atoms. The van der Waals surface area contributed by atoms with Crippen LogP contribution in [0.5, 0.6) is 5.75 Å². The molecule has 2 aliphatic heterocycles. The van der Waals surface area contributed by atoms with E-state index >= 15 is 0 Å². The van der Waals surface area contributed by atoms with E-state index in [-0.39, 0.29) is 0 Å². The van der Waals surface area contributed by atoms with Crippen molar-refractivity contribution in [3.05, 3.63) is 59.4 Å². The van der Waals surface area contributed by atoms with E-state index in [0.29, 0.717) is 0 Å². The van der Waals surface area contributed by atoms with Gasteiger partial charge in [0.05, 0.1) is 6.61 Å². The summed E-state index contributed by atoms with van der Waals surface area (Å²) in [4.78, 5) is 6.83. The Balaban J connectivity index is 1.48. The highest BCUT2D eigenvalue weighted by Gasteiger charge is 2.19. The summed E-state index contributed by atoms with van der Waals surface area (Å²) in [7, 11) is 0. The quantitative estimate of drug-likeness (QED) is 0.887. The van der Waals surface area contributed by atoms with Crippen LogP contribution in [0.15, 0.2) is 42.7 Å². The number of fused-ring (bicyclic) bond motifs is 1. The zero-order valence-electron chi connectivity index (χ0n) is 14.1. The van der Waals surface area contributed by atoms with E-state index in [1.807, 2.05) is 18.5 Å². The highest BCUT2D eigenvalue weighted by atomic mass is 16.5. The number of nitrogens with one attached hydrogen (secondary N) is 1. The molecule has 2 aromatic rings. The zero-order valence-corrected chi connectivity index (χ0v) is 14.1. The van der Waals surface area contributed by atoms with Crippen molar-refractivity contribution < 1.29 is 4.74 Å². The summed E-state index contributed by atoms with van der Waals surface area (Å²) in [5.74, 6) is 1.82. The van der Waals surface area contributed by atoms with E-state index in [4.69, 9.17) is 4.74 Å². The van der Waals surface area contributed by atoms with Crippen molar-refractivity contribution in [2.45, 2.75) is 25.9 Å². The summed E-state index contributed by atoms with van der Waals surface area (Å²) in [6.07, 6.45) is 6.14. The molecule has 4 nitrogen and oxygen atoms in total. The van der Waals surface area contributed by atoms with Crippen LogP contribution in [-0.2, 0) is 19.5 Å². The van der Waals surface area contributed by atoms with Gasteiger partial charge >= 0.3 is 0 Å². The molecule has 1 fully saturated rings. The van der Waals surface area contributed by atoms with Crippen LogP contribution in [0.3, 0.4) is 0 Å². The molecule has 1 aromatic carbocycles. The molecule has 126 valence electrons. The van der Waals surface area contributed by atoms with E-state index in [0.717, 1.165) is 57.4 Å². The lowest BCUT2D eigenvalue weighted by atomic mass is 10.1. The average Bonchev–Trinajstić information content (AvgIpc) is 3.27. The highest BCUT2D eigenvalue weighted by Crippen LogP contribution is 2.27. The highest BCUT2D eigenvalue weighted by molar-refractivity contribution is 5.39. The van der Waals surface area contributed by atoms with Gasteiger partial charge in [0.1, 0.15) is 5.75 Å². The Hall–Kier alpha value is -1.91. The Morgan fingerprint density at radius 2 is 2.17 bits per heavy atom. The maximum atomic E-state index is 5.63. The van der Waals surface area contributed by atoms with E-state index in [2.05, 4.69) is 39.5 Å². The van der Waals surface area contributed by atoms with Crippen molar-refractivity contribution in [3.8, 4) is 5.75 Å². The number of nitrogens with zero attached hydrogens (tertiary/aromatic N) is 2. The normalized spacial score (nSPS) is 19.5. The Morgan fingerprint density at radius 3 is 3.00 bits per heavy atom. The fourth-order valence-corrected chi connectivity index (χ4v) is 3.77. The molecule has 0 radical (unpaired) electrons. The monoisotopic (exact) mass is 323 g/mol. The van der Waals surface area contributed by atoms with E-state index in [1.54, 1.807) is 0 Å². The van der Waals surface area contributed by atoms with E-state index in [9.17, 15) is 0 Å². The SMILES string of the molecule is c1cncc(CN(Cc2ccc3c(c2)CCO3)C[C@@H]2CCNC2)c1. The van der Waals surface area contributed by atoms with Crippen molar-refractivity contribution in [2.24, 2.45) is 5.92 Å². The lowest BCUT2D eigenvalue weighted by Crippen LogP contribution is -2.30. The van der Waals surface area contributed by atoms with Crippen LogP contribution < -0.4 is 10.1 Å². The molecule has 1 saturated heterocycles. The van der Waals surface area contributed by atoms with Gasteiger partial charge in [-0.05, 0) is 54.3 Å². The van der Waals surface area contributed by atoms with Crippen molar-refractivity contribution in [3.63, 3.8) is 0 Å². The maximum Gasteiger partial charge on any atom is 0.122 e. The van der Waals surface area contributed by atoms with Crippen LogP contribution in [0.4, 0.5) is 0 Å². The van der Waals surface area contributed by atoms with Gasteiger partial charge < -0.3 is 10.1 Å². The molecular formula is C20H25N3O. The molecular weight excluding hydrogens is 298 g/mol. The molecule has 1 atom stereocenters. The van der Waals surface area contributed by atoms with Crippen LogP contribution in [0.2, 0.25) is 0 Å². The molecule has 0 amide bonds. The molecule has 1 N–H and O–H groups in total. The van der Waals surface area contributed by atoms with Gasteiger partial charge in [0.2, 0.25) is 0 Å². The van der Waals surface area contributed by atoms with Crippen LogP contribution in [0.1, 0.15) is 23.1 Å². The van der Waals surface area contributed by atoms with Crippen molar-refractivity contribution >= 4 is 0 Å². The van der Waals surface area contributed by atoms with Crippen LogP contribution in [0, 0.1) is 5.92 Å². The second-order valence-electron chi connectivity index (χ2n) is 6.93. The molecule has 0 unspecified atom stereocenters. The Labute approximate surface area is 143 Å². The van der Waals surface area contributed by atoms with Gasteiger partial charge in [0.25, 0.3) is 0 Å². The molecule has 4 heteroatoms. The van der Waals surface area contributed by atoms with Gasteiger partial charge in [-0.1, -0.05) is 18.2 Å². The average molecular weight is 323 g/mol. The lowest BCUT2D eigenvalue weighted by Gasteiger charge is -2.25. The van der Waals surface area contributed by atoms with Crippen LogP contribution in [-0.4, -0.2) is 36.1 Å². The molecule has 0 spiro atoms. The molecule has 1 aromatic heterocycles. The number of hydrogen-bond acceptors (Lipinski definition) is 4. The number of rotatable bonds is 6. The van der Waals surface area contributed by atoms with Gasteiger partial charge in [-0.15, -0.1) is 0 Å².